The molecule has 1 aromatic heterocycles. The highest BCUT2D eigenvalue weighted by atomic mass is 35.5. The van der Waals surface area contributed by atoms with Crippen molar-refractivity contribution in [3.63, 3.8) is 0 Å². The van der Waals surface area contributed by atoms with Gasteiger partial charge in [0.15, 0.2) is 0 Å². The molecule has 16 heavy (non-hydrogen) atoms. The standard InChI is InChI=1S/C11H14ClN3O/c12-10-4-8(9(13)6-14-10)11(16)15-5-7-2-1-3-7/h4,6-7H,1-3,5,13H2,(H,15,16). The zero-order valence-corrected chi connectivity index (χ0v) is 9.63. The number of amides is 1. The molecular weight excluding hydrogens is 226 g/mol. The van der Waals surface area contributed by atoms with E-state index in [9.17, 15) is 4.79 Å². The van der Waals surface area contributed by atoms with Crippen LogP contribution in [0, 0.1) is 5.92 Å². The van der Waals surface area contributed by atoms with Crippen LogP contribution < -0.4 is 11.1 Å². The molecule has 1 aromatic rings. The molecule has 1 aliphatic rings. The molecule has 1 saturated carbocycles. The van der Waals surface area contributed by atoms with Crippen LogP contribution in [-0.2, 0) is 0 Å². The van der Waals surface area contributed by atoms with E-state index in [4.69, 9.17) is 17.3 Å². The number of halogens is 1. The first kappa shape index (κ1) is 11.2. The highest BCUT2D eigenvalue weighted by molar-refractivity contribution is 6.29. The Bertz CT molecular complexity index is 404. The molecule has 1 amide bonds. The van der Waals surface area contributed by atoms with E-state index in [2.05, 4.69) is 10.3 Å². The minimum atomic E-state index is -0.172. The third-order valence-corrected chi connectivity index (χ3v) is 3.13. The van der Waals surface area contributed by atoms with Crippen LogP contribution in [0.25, 0.3) is 0 Å². The fourth-order valence-corrected chi connectivity index (χ4v) is 1.82. The monoisotopic (exact) mass is 239 g/mol. The van der Waals surface area contributed by atoms with E-state index in [1.54, 1.807) is 0 Å². The number of nitrogens with zero attached hydrogens (tertiary/aromatic N) is 1. The summed E-state index contributed by atoms with van der Waals surface area (Å²) in [6.07, 6.45) is 5.07. The van der Waals surface area contributed by atoms with Gasteiger partial charge in [-0.25, -0.2) is 4.98 Å². The number of rotatable bonds is 3. The average molecular weight is 240 g/mol. The summed E-state index contributed by atoms with van der Waals surface area (Å²) in [7, 11) is 0. The largest absolute Gasteiger partial charge is 0.397 e. The summed E-state index contributed by atoms with van der Waals surface area (Å²) in [5.74, 6) is 0.455. The summed E-state index contributed by atoms with van der Waals surface area (Å²) in [5, 5.41) is 3.14. The Labute approximate surface area is 99.2 Å². The van der Waals surface area contributed by atoms with Crippen molar-refractivity contribution in [3.8, 4) is 0 Å². The minimum absolute atomic E-state index is 0.172. The van der Waals surface area contributed by atoms with Crippen molar-refractivity contribution in [3.05, 3.63) is 23.0 Å². The van der Waals surface area contributed by atoms with Crippen LogP contribution in [0.2, 0.25) is 5.15 Å². The second-order valence-electron chi connectivity index (χ2n) is 4.10. The molecule has 0 spiro atoms. The molecule has 1 fully saturated rings. The molecule has 86 valence electrons. The average Bonchev–Trinajstić information content (AvgIpc) is 2.19. The Morgan fingerprint density at radius 1 is 1.62 bits per heavy atom. The molecule has 4 nitrogen and oxygen atoms in total. The molecule has 0 radical (unpaired) electrons. The molecular formula is C11H14ClN3O. The maximum atomic E-state index is 11.8. The minimum Gasteiger partial charge on any atom is -0.397 e. The zero-order chi connectivity index (χ0) is 11.5. The van der Waals surface area contributed by atoms with E-state index >= 15 is 0 Å². The van der Waals surface area contributed by atoms with Crippen LogP contribution in [0.15, 0.2) is 12.3 Å². The topological polar surface area (TPSA) is 68.0 Å². The van der Waals surface area contributed by atoms with Crippen LogP contribution in [0.4, 0.5) is 5.69 Å². The summed E-state index contributed by atoms with van der Waals surface area (Å²) in [5.41, 5.74) is 6.42. The quantitative estimate of drug-likeness (QED) is 0.791. The van der Waals surface area contributed by atoms with Gasteiger partial charge in [-0.3, -0.25) is 4.79 Å². The van der Waals surface area contributed by atoms with Crippen molar-refractivity contribution in [2.45, 2.75) is 19.3 Å². The van der Waals surface area contributed by atoms with Crippen LogP contribution in [-0.4, -0.2) is 17.4 Å². The van der Waals surface area contributed by atoms with Gasteiger partial charge in [-0.05, 0) is 24.8 Å². The number of anilines is 1. The van der Waals surface area contributed by atoms with E-state index in [0.29, 0.717) is 17.2 Å². The van der Waals surface area contributed by atoms with Crippen molar-refractivity contribution >= 4 is 23.2 Å². The Morgan fingerprint density at radius 3 is 3.00 bits per heavy atom. The SMILES string of the molecule is Nc1cnc(Cl)cc1C(=O)NCC1CCC1. The molecule has 0 unspecified atom stereocenters. The normalized spacial score (nSPS) is 15.6. The third-order valence-electron chi connectivity index (χ3n) is 2.92. The van der Waals surface area contributed by atoms with Gasteiger partial charge in [-0.2, -0.15) is 0 Å². The van der Waals surface area contributed by atoms with Gasteiger partial charge in [-0.15, -0.1) is 0 Å². The van der Waals surface area contributed by atoms with E-state index in [-0.39, 0.29) is 11.1 Å². The summed E-state index contributed by atoms with van der Waals surface area (Å²) in [6, 6.07) is 1.49. The van der Waals surface area contributed by atoms with Crippen LogP contribution >= 0.6 is 11.6 Å². The predicted octanol–water partition coefficient (Wildman–Crippen LogP) is 1.85. The van der Waals surface area contributed by atoms with Gasteiger partial charge in [0.2, 0.25) is 0 Å². The fraction of sp³-hybridized carbons (Fsp3) is 0.455. The lowest BCUT2D eigenvalue weighted by atomic mass is 9.85. The highest BCUT2D eigenvalue weighted by Crippen LogP contribution is 2.25. The summed E-state index contributed by atoms with van der Waals surface area (Å²) < 4.78 is 0. The molecule has 0 aromatic carbocycles. The van der Waals surface area contributed by atoms with Crippen LogP contribution in [0.1, 0.15) is 29.6 Å². The maximum absolute atomic E-state index is 11.8. The number of nitrogens with one attached hydrogen (secondary N) is 1. The van der Waals surface area contributed by atoms with Crippen molar-refractivity contribution in [2.75, 3.05) is 12.3 Å². The Balaban J connectivity index is 1.99. The lowest BCUT2D eigenvalue weighted by molar-refractivity contribution is 0.0940. The first-order valence-corrected chi connectivity index (χ1v) is 5.74. The van der Waals surface area contributed by atoms with Crippen molar-refractivity contribution < 1.29 is 4.79 Å². The fourth-order valence-electron chi connectivity index (χ4n) is 1.67. The molecule has 2 rings (SSSR count). The number of carbonyl (C=O) groups is 1. The first-order chi connectivity index (χ1) is 7.66. The van der Waals surface area contributed by atoms with E-state index in [1.165, 1.54) is 31.5 Å². The summed E-state index contributed by atoms with van der Waals surface area (Å²) in [4.78, 5) is 15.6. The summed E-state index contributed by atoms with van der Waals surface area (Å²) in [6.45, 7) is 0.720. The zero-order valence-electron chi connectivity index (χ0n) is 8.87. The maximum Gasteiger partial charge on any atom is 0.253 e. The van der Waals surface area contributed by atoms with Gasteiger partial charge in [0, 0.05) is 6.54 Å². The molecule has 1 heterocycles. The first-order valence-electron chi connectivity index (χ1n) is 5.36. The van der Waals surface area contributed by atoms with Gasteiger partial charge in [-0.1, -0.05) is 18.0 Å². The van der Waals surface area contributed by atoms with Gasteiger partial charge in [0.25, 0.3) is 5.91 Å². The number of aromatic nitrogens is 1. The number of carbonyl (C=O) groups excluding carboxylic acids is 1. The Morgan fingerprint density at radius 2 is 2.38 bits per heavy atom. The van der Waals surface area contributed by atoms with Gasteiger partial charge in [0.1, 0.15) is 5.15 Å². The van der Waals surface area contributed by atoms with Gasteiger partial charge >= 0.3 is 0 Å². The van der Waals surface area contributed by atoms with Crippen molar-refractivity contribution in [1.82, 2.24) is 10.3 Å². The second kappa shape index (κ2) is 4.70. The van der Waals surface area contributed by atoms with Crippen molar-refractivity contribution in [1.29, 1.82) is 0 Å². The van der Waals surface area contributed by atoms with Crippen molar-refractivity contribution in [2.24, 2.45) is 5.92 Å². The number of hydrogen-bond donors (Lipinski definition) is 2. The molecule has 3 N–H and O–H groups in total. The lowest BCUT2D eigenvalue weighted by Gasteiger charge is -2.25. The summed E-state index contributed by atoms with van der Waals surface area (Å²) >= 11 is 5.72. The smallest absolute Gasteiger partial charge is 0.253 e. The Hall–Kier alpha value is -1.29. The van der Waals surface area contributed by atoms with Crippen LogP contribution in [0.3, 0.4) is 0 Å². The lowest BCUT2D eigenvalue weighted by Crippen LogP contribution is -2.32. The second-order valence-corrected chi connectivity index (χ2v) is 4.49. The number of pyridine rings is 1. The Kier molecular flexibility index (Phi) is 3.29. The highest BCUT2D eigenvalue weighted by Gasteiger charge is 2.19. The molecule has 5 heteroatoms. The predicted molar refractivity (Wildman–Crippen MR) is 63.3 cm³/mol. The molecule has 0 atom stereocenters. The molecule has 0 aliphatic heterocycles. The van der Waals surface area contributed by atoms with Gasteiger partial charge < -0.3 is 11.1 Å². The number of nitrogen functional groups attached to an aromatic ring is 1. The molecule has 0 saturated heterocycles. The van der Waals surface area contributed by atoms with Gasteiger partial charge in [0.05, 0.1) is 17.4 Å². The van der Waals surface area contributed by atoms with Crippen LogP contribution in [0.5, 0.6) is 0 Å². The number of nitrogens with two attached hydrogens (primary N) is 1. The van der Waals surface area contributed by atoms with E-state index < -0.39 is 0 Å². The van der Waals surface area contributed by atoms with E-state index in [0.717, 1.165) is 6.54 Å². The third kappa shape index (κ3) is 2.44. The van der Waals surface area contributed by atoms with E-state index in [1.807, 2.05) is 0 Å². The molecule has 0 bridgehead atoms. The molecule has 1 aliphatic carbocycles. The number of hydrogen-bond acceptors (Lipinski definition) is 3.